The molecule has 2 nitrogen and oxygen atoms in total. The molecule has 0 aromatic rings. The lowest BCUT2D eigenvalue weighted by Gasteiger charge is -2.26. The van der Waals surface area contributed by atoms with E-state index in [1.807, 2.05) is 18.8 Å². The van der Waals surface area contributed by atoms with Gasteiger partial charge in [0.25, 0.3) is 0 Å². The smallest absolute Gasteiger partial charge is 0.0783 e. The Morgan fingerprint density at radius 3 is 2.91 bits per heavy atom. The van der Waals surface area contributed by atoms with Gasteiger partial charge in [0.15, 0.2) is 0 Å². The zero-order valence-corrected chi connectivity index (χ0v) is 8.08. The Kier molecular flexibility index (Phi) is 3.22. The maximum Gasteiger partial charge on any atom is 0.0783 e. The molecule has 0 aromatic heterocycles. The van der Waals surface area contributed by atoms with Crippen molar-refractivity contribution in [2.75, 3.05) is 19.3 Å². The van der Waals surface area contributed by atoms with Gasteiger partial charge in [-0.3, -0.25) is 0 Å². The molecular weight excluding hydrogens is 158 g/mol. The second kappa shape index (κ2) is 3.78. The lowest BCUT2D eigenvalue weighted by Crippen LogP contribution is -2.37. The van der Waals surface area contributed by atoms with Crippen molar-refractivity contribution in [1.29, 1.82) is 0 Å². The summed E-state index contributed by atoms with van der Waals surface area (Å²) in [4.78, 5) is 0. The second-order valence-corrected chi connectivity index (χ2v) is 4.67. The van der Waals surface area contributed by atoms with Crippen LogP contribution in [0.1, 0.15) is 19.8 Å². The SMILES string of the molecule is CNCCC1(O)CCSC1C. The summed E-state index contributed by atoms with van der Waals surface area (Å²) >= 11 is 1.88. The minimum absolute atomic E-state index is 0.395. The van der Waals surface area contributed by atoms with Crippen molar-refractivity contribution in [2.45, 2.75) is 30.6 Å². The summed E-state index contributed by atoms with van der Waals surface area (Å²) in [5.41, 5.74) is -0.395. The third kappa shape index (κ3) is 2.10. The highest BCUT2D eigenvalue weighted by Gasteiger charge is 2.37. The first-order chi connectivity index (χ1) is 5.19. The molecule has 0 spiro atoms. The number of nitrogens with one attached hydrogen (secondary N) is 1. The van der Waals surface area contributed by atoms with E-state index in [4.69, 9.17) is 0 Å². The fourth-order valence-electron chi connectivity index (χ4n) is 1.44. The zero-order chi connectivity index (χ0) is 8.32. The lowest BCUT2D eigenvalue weighted by atomic mass is 9.93. The van der Waals surface area contributed by atoms with Crippen molar-refractivity contribution in [1.82, 2.24) is 5.32 Å². The molecule has 2 atom stereocenters. The maximum atomic E-state index is 10.0. The number of hydrogen-bond donors (Lipinski definition) is 2. The molecule has 0 aromatic carbocycles. The van der Waals surface area contributed by atoms with E-state index in [1.54, 1.807) is 0 Å². The van der Waals surface area contributed by atoms with E-state index in [1.165, 1.54) is 0 Å². The van der Waals surface area contributed by atoms with Crippen LogP contribution in [0.3, 0.4) is 0 Å². The number of thioether (sulfide) groups is 1. The molecule has 3 heteroatoms. The van der Waals surface area contributed by atoms with E-state index in [0.29, 0.717) is 5.25 Å². The van der Waals surface area contributed by atoms with Crippen LogP contribution >= 0.6 is 11.8 Å². The summed E-state index contributed by atoms with van der Waals surface area (Å²) in [5.74, 6) is 1.11. The van der Waals surface area contributed by atoms with Gasteiger partial charge in [-0.25, -0.2) is 0 Å². The van der Waals surface area contributed by atoms with Crippen molar-refractivity contribution >= 4 is 11.8 Å². The number of rotatable bonds is 3. The van der Waals surface area contributed by atoms with Gasteiger partial charge in [0, 0.05) is 5.25 Å². The first-order valence-electron chi connectivity index (χ1n) is 4.17. The van der Waals surface area contributed by atoms with Crippen LogP contribution in [-0.4, -0.2) is 35.3 Å². The van der Waals surface area contributed by atoms with Crippen LogP contribution < -0.4 is 5.32 Å². The molecule has 0 bridgehead atoms. The van der Waals surface area contributed by atoms with Crippen molar-refractivity contribution in [3.8, 4) is 0 Å². The first-order valence-corrected chi connectivity index (χ1v) is 5.22. The predicted molar refractivity (Wildman–Crippen MR) is 50.0 cm³/mol. The van der Waals surface area contributed by atoms with Crippen LogP contribution in [0.2, 0.25) is 0 Å². The van der Waals surface area contributed by atoms with Crippen LogP contribution in [0, 0.1) is 0 Å². The quantitative estimate of drug-likeness (QED) is 0.667. The third-order valence-electron chi connectivity index (χ3n) is 2.47. The highest BCUT2D eigenvalue weighted by molar-refractivity contribution is 8.00. The van der Waals surface area contributed by atoms with Gasteiger partial charge in [-0.1, -0.05) is 6.92 Å². The minimum Gasteiger partial charge on any atom is -0.389 e. The van der Waals surface area contributed by atoms with Gasteiger partial charge in [-0.2, -0.15) is 11.8 Å². The normalized spacial score (nSPS) is 37.9. The van der Waals surface area contributed by atoms with Gasteiger partial charge in [-0.05, 0) is 32.2 Å². The molecule has 1 aliphatic heterocycles. The van der Waals surface area contributed by atoms with Crippen molar-refractivity contribution < 1.29 is 5.11 Å². The molecule has 0 aliphatic carbocycles. The standard InChI is InChI=1S/C8H17NOS/c1-7-8(10,3-5-9-2)4-6-11-7/h7,9-10H,3-6H2,1-2H3. The van der Waals surface area contributed by atoms with Gasteiger partial charge in [-0.15, -0.1) is 0 Å². The monoisotopic (exact) mass is 175 g/mol. The van der Waals surface area contributed by atoms with E-state index >= 15 is 0 Å². The first kappa shape index (κ1) is 9.36. The van der Waals surface area contributed by atoms with E-state index in [2.05, 4.69) is 12.2 Å². The van der Waals surface area contributed by atoms with Crippen molar-refractivity contribution in [3.63, 3.8) is 0 Å². The molecule has 0 radical (unpaired) electrons. The average Bonchev–Trinajstić information content (AvgIpc) is 2.30. The Morgan fingerprint density at radius 1 is 1.73 bits per heavy atom. The molecule has 2 N–H and O–H groups in total. The third-order valence-corrected chi connectivity index (χ3v) is 3.85. The molecule has 0 saturated carbocycles. The largest absolute Gasteiger partial charge is 0.389 e. The summed E-state index contributed by atoms with van der Waals surface area (Å²) in [6.07, 6.45) is 1.85. The van der Waals surface area contributed by atoms with Gasteiger partial charge in [0.05, 0.1) is 5.60 Å². The van der Waals surface area contributed by atoms with Gasteiger partial charge < -0.3 is 10.4 Å². The zero-order valence-electron chi connectivity index (χ0n) is 7.26. The van der Waals surface area contributed by atoms with E-state index in [0.717, 1.165) is 25.1 Å². The number of aliphatic hydroxyl groups is 1. The number of hydrogen-bond acceptors (Lipinski definition) is 3. The summed E-state index contributed by atoms with van der Waals surface area (Å²) in [7, 11) is 1.93. The molecule has 66 valence electrons. The van der Waals surface area contributed by atoms with Crippen LogP contribution in [0.15, 0.2) is 0 Å². The molecule has 1 rings (SSSR count). The van der Waals surface area contributed by atoms with E-state index < -0.39 is 5.60 Å². The van der Waals surface area contributed by atoms with Gasteiger partial charge in [0.1, 0.15) is 0 Å². The molecule has 0 amide bonds. The molecule has 1 heterocycles. The fraction of sp³-hybridized carbons (Fsp3) is 1.00. The molecule has 11 heavy (non-hydrogen) atoms. The van der Waals surface area contributed by atoms with Crippen molar-refractivity contribution in [2.24, 2.45) is 0 Å². The van der Waals surface area contributed by atoms with E-state index in [9.17, 15) is 5.11 Å². The van der Waals surface area contributed by atoms with Gasteiger partial charge >= 0.3 is 0 Å². The minimum atomic E-state index is -0.395. The Labute approximate surface area is 72.8 Å². The molecule has 2 unspecified atom stereocenters. The molecular formula is C8H17NOS. The maximum absolute atomic E-state index is 10.0. The topological polar surface area (TPSA) is 32.3 Å². The van der Waals surface area contributed by atoms with Crippen molar-refractivity contribution in [3.05, 3.63) is 0 Å². The van der Waals surface area contributed by atoms with Crippen LogP contribution in [0.4, 0.5) is 0 Å². The Bertz CT molecular complexity index is 131. The van der Waals surface area contributed by atoms with Crippen LogP contribution in [0.25, 0.3) is 0 Å². The second-order valence-electron chi connectivity index (χ2n) is 3.22. The average molecular weight is 175 g/mol. The predicted octanol–water partition coefficient (Wildman–Crippen LogP) is 0.852. The molecule has 1 fully saturated rings. The van der Waals surface area contributed by atoms with Crippen LogP contribution in [0.5, 0.6) is 0 Å². The lowest BCUT2D eigenvalue weighted by molar-refractivity contribution is 0.0380. The highest BCUT2D eigenvalue weighted by atomic mass is 32.2. The Morgan fingerprint density at radius 2 is 2.45 bits per heavy atom. The molecule has 1 aliphatic rings. The fourth-order valence-corrected chi connectivity index (χ4v) is 2.81. The Hall–Kier alpha value is 0.270. The highest BCUT2D eigenvalue weighted by Crippen LogP contribution is 2.37. The van der Waals surface area contributed by atoms with Gasteiger partial charge in [0.2, 0.25) is 0 Å². The Balaban J connectivity index is 2.38. The summed E-state index contributed by atoms with van der Waals surface area (Å²) in [6, 6.07) is 0. The van der Waals surface area contributed by atoms with E-state index in [-0.39, 0.29) is 0 Å². The molecule has 1 saturated heterocycles. The van der Waals surface area contributed by atoms with Crippen LogP contribution in [-0.2, 0) is 0 Å². The summed E-state index contributed by atoms with van der Waals surface area (Å²) in [5, 5.41) is 13.5. The summed E-state index contributed by atoms with van der Waals surface area (Å²) < 4.78 is 0. The summed E-state index contributed by atoms with van der Waals surface area (Å²) in [6.45, 7) is 3.04.